The average molecular weight is 317 g/mol. The maximum Gasteiger partial charge on any atom is 0.175 e. The zero-order valence-electron chi connectivity index (χ0n) is 12.6. The van der Waals surface area contributed by atoms with Crippen molar-refractivity contribution in [2.24, 2.45) is 5.41 Å². The lowest BCUT2D eigenvalue weighted by molar-refractivity contribution is 0.304. The predicted molar refractivity (Wildman–Crippen MR) is 83.1 cm³/mol. The second kappa shape index (κ2) is 6.37. The van der Waals surface area contributed by atoms with E-state index in [4.69, 9.17) is 0 Å². The Morgan fingerprint density at radius 3 is 2.05 bits per heavy atom. The lowest BCUT2D eigenvalue weighted by Gasteiger charge is -2.30. The highest BCUT2D eigenvalue weighted by Gasteiger charge is 2.25. The van der Waals surface area contributed by atoms with Crippen LogP contribution in [0.3, 0.4) is 0 Å². The van der Waals surface area contributed by atoms with E-state index in [0.29, 0.717) is 10.6 Å². The van der Waals surface area contributed by atoms with Gasteiger partial charge in [-0.15, -0.1) is 0 Å². The first kappa shape index (κ1) is 17.3. The molecule has 0 bridgehead atoms. The van der Waals surface area contributed by atoms with Crippen molar-refractivity contribution in [3.8, 4) is 0 Å². The van der Waals surface area contributed by atoms with Gasteiger partial charge in [0.25, 0.3) is 0 Å². The highest BCUT2D eigenvalue weighted by atomic mass is 32.2. The van der Waals surface area contributed by atoms with Crippen molar-refractivity contribution >= 4 is 20.6 Å². The minimum absolute atomic E-state index is 0.0110. The van der Waals surface area contributed by atoms with Gasteiger partial charge in [0.1, 0.15) is 0 Å². The fraction of sp³-hybridized carbons (Fsp3) is 0.571. The Kier molecular flexibility index (Phi) is 5.52. The zero-order valence-corrected chi connectivity index (χ0v) is 14.3. The maximum absolute atomic E-state index is 12.3. The molecule has 20 heavy (non-hydrogen) atoms. The molecule has 2 unspecified atom stereocenters. The summed E-state index contributed by atoms with van der Waals surface area (Å²) in [7, 11) is -2.50. The van der Waals surface area contributed by atoms with E-state index in [9.17, 15) is 12.6 Å². The summed E-state index contributed by atoms with van der Waals surface area (Å²) in [4.78, 5) is 0.904. The molecule has 0 radical (unpaired) electrons. The van der Waals surface area contributed by atoms with Crippen LogP contribution in [-0.2, 0) is 20.6 Å². The van der Waals surface area contributed by atoms with Gasteiger partial charge >= 0.3 is 0 Å². The zero-order chi connectivity index (χ0) is 15.6. The van der Waals surface area contributed by atoms with Crippen LogP contribution in [0.2, 0.25) is 0 Å². The lowest BCUT2D eigenvalue weighted by atomic mass is 9.88. The second-order valence-electron chi connectivity index (χ2n) is 5.96. The Hall–Kier alpha value is -0.720. The monoisotopic (exact) mass is 317 g/mol. The van der Waals surface area contributed by atoms with Crippen LogP contribution >= 0.6 is 0 Å². The van der Waals surface area contributed by atoms with Gasteiger partial charge in [-0.3, -0.25) is 4.21 Å². The number of benzene rings is 1. The van der Waals surface area contributed by atoms with Gasteiger partial charge < -0.3 is 5.32 Å². The van der Waals surface area contributed by atoms with Crippen LogP contribution in [0.15, 0.2) is 34.1 Å². The molecule has 2 atom stereocenters. The Balaban J connectivity index is 2.89. The number of sulfone groups is 1. The van der Waals surface area contributed by atoms with Crippen molar-refractivity contribution in [3.63, 3.8) is 0 Å². The van der Waals surface area contributed by atoms with Gasteiger partial charge in [0.15, 0.2) is 9.84 Å². The SMILES string of the molecule is CNC(CS(=O)c1ccc(S(C)(=O)=O)cc1)C(C)(C)C. The third-order valence-corrected chi connectivity index (χ3v) is 5.79. The maximum atomic E-state index is 12.3. The number of rotatable bonds is 5. The molecule has 0 fully saturated rings. The fourth-order valence-corrected chi connectivity index (χ4v) is 4.08. The van der Waals surface area contributed by atoms with Crippen LogP contribution in [0.4, 0.5) is 0 Å². The van der Waals surface area contributed by atoms with E-state index in [0.717, 1.165) is 6.26 Å². The largest absolute Gasteiger partial charge is 0.316 e. The summed E-state index contributed by atoms with van der Waals surface area (Å²) in [5.41, 5.74) is 0.0110. The number of hydrogen-bond acceptors (Lipinski definition) is 4. The van der Waals surface area contributed by atoms with Crippen molar-refractivity contribution in [2.45, 2.75) is 36.6 Å². The Morgan fingerprint density at radius 1 is 1.20 bits per heavy atom. The molecule has 0 aliphatic rings. The van der Waals surface area contributed by atoms with Crippen LogP contribution in [0.5, 0.6) is 0 Å². The summed E-state index contributed by atoms with van der Waals surface area (Å²) in [6.07, 6.45) is 1.16. The van der Waals surface area contributed by atoms with E-state index in [1.165, 1.54) is 12.1 Å². The molecule has 0 spiro atoms. The Bertz CT molecular complexity index is 571. The average Bonchev–Trinajstić information content (AvgIpc) is 2.33. The van der Waals surface area contributed by atoms with Crippen LogP contribution < -0.4 is 5.32 Å². The van der Waals surface area contributed by atoms with Gasteiger partial charge in [0.2, 0.25) is 0 Å². The molecule has 0 aliphatic carbocycles. The Morgan fingerprint density at radius 2 is 1.70 bits per heavy atom. The fourth-order valence-electron chi connectivity index (χ4n) is 1.85. The van der Waals surface area contributed by atoms with Gasteiger partial charge in [0.05, 0.1) is 15.7 Å². The van der Waals surface area contributed by atoms with Crippen molar-refractivity contribution in [1.82, 2.24) is 5.32 Å². The highest BCUT2D eigenvalue weighted by Crippen LogP contribution is 2.22. The third-order valence-electron chi connectivity index (χ3n) is 3.23. The molecule has 1 N–H and O–H groups in total. The minimum atomic E-state index is -3.21. The first-order chi connectivity index (χ1) is 9.05. The smallest absolute Gasteiger partial charge is 0.175 e. The summed E-state index contributed by atoms with van der Waals surface area (Å²) >= 11 is 0. The van der Waals surface area contributed by atoms with E-state index in [-0.39, 0.29) is 16.4 Å². The van der Waals surface area contributed by atoms with Gasteiger partial charge in [-0.2, -0.15) is 0 Å². The Labute approximate surface area is 124 Å². The molecule has 1 aromatic rings. The van der Waals surface area contributed by atoms with Crippen LogP contribution in [0.25, 0.3) is 0 Å². The number of nitrogens with one attached hydrogen (secondary N) is 1. The normalized spacial score (nSPS) is 15.8. The van der Waals surface area contributed by atoms with Crippen LogP contribution in [0.1, 0.15) is 20.8 Å². The molecule has 1 rings (SSSR count). The van der Waals surface area contributed by atoms with Gasteiger partial charge in [-0.25, -0.2) is 8.42 Å². The van der Waals surface area contributed by atoms with Crippen molar-refractivity contribution in [3.05, 3.63) is 24.3 Å². The lowest BCUT2D eigenvalue weighted by Crippen LogP contribution is -2.42. The van der Waals surface area contributed by atoms with Crippen molar-refractivity contribution < 1.29 is 12.6 Å². The minimum Gasteiger partial charge on any atom is -0.316 e. The summed E-state index contributed by atoms with van der Waals surface area (Å²) in [5, 5.41) is 3.19. The molecule has 0 heterocycles. The van der Waals surface area contributed by atoms with Gasteiger partial charge in [-0.1, -0.05) is 20.8 Å². The summed E-state index contributed by atoms with van der Waals surface area (Å²) in [5.74, 6) is 0.498. The second-order valence-corrected chi connectivity index (χ2v) is 9.47. The molecule has 0 aromatic heterocycles. The van der Waals surface area contributed by atoms with Crippen molar-refractivity contribution in [2.75, 3.05) is 19.1 Å². The molecule has 0 saturated heterocycles. The molecule has 0 saturated carbocycles. The van der Waals surface area contributed by atoms with Gasteiger partial charge in [0, 0.05) is 22.9 Å². The van der Waals surface area contributed by atoms with E-state index in [1.807, 2.05) is 7.05 Å². The number of hydrogen-bond donors (Lipinski definition) is 1. The molecule has 1 aromatic carbocycles. The quantitative estimate of drug-likeness (QED) is 0.900. The summed E-state index contributed by atoms with van der Waals surface area (Å²) < 4.78 is 35.1. The molecular weight excluding hydrogens is 294 g/mol. The molecule has 0 amide bonds. The van der Waals surface area contributed by atoms with E-state index in [1.54, 1.807) is 12.1 Å². The first-order valence-electron chi connectivity index (χ1n) is 6.41. The summed E-state index contributed by atoms with van der Waals surface area (Å²) in [6, 6.07) is 6.39. The molecular formula is C14H23NO3S2. The van der Waals surface area contributed by atoms with Crippen LogP contribution in [0, 0.1) is 5.41 Å². The third kappa shape index (κ3) is 4.68. The van der Waals surface area contributed by atoms with Crippen LogP contribution in [-0.4, -0.2) is 37.7 Å². The van der Waals surface area contributed by atoms with Crippen molar-refractivity contribution in [1.29, 1.82) is 0 Å². The predicted octanol–water partition coefficient (Wildman–Crippen LogP) is 1.83. The molecule has 4 nitrogen and oxygen atoms in total. The van der Waals surface area contributed by atoms with E-state index < -0.39 is 20.6 Å². The van der Waals surface area contributed by atoms with Gasteiger partial charge in [-0.05, 0) is 36.7 Å². The molecule has 0 aliphatic heterocycles. The van der Waals surface area contributed by atoms with E-state index in [2.05, 4.69) is 26.1 Å². The molecule has 114 valence electrons. The van der Waals surface area contributed by atoms with E-state index >= 15 is 0 Å². The topological polar surface area (TPSA) is 63.2 Å². The standard InChI is InChI=1S/C14H23NO3S2/c1-14(2,3)13(15-4)10-19(16)11-6-8-12(9-7-11)20(5,17)18/h6-9,13,15H,10H2,1-5H3. The molecule has 6 heteroatoms. The summed E-state index contributed by atoms with van der Waals surface area (Å²) in [6.45, 7) is 6.29. The highest BCUT2D eigenvalue weighted by molar-refractivity contribution is 7.90. The first-order valence-corrected chi connectivity index (χ1v) is 9.62.